The monoisotopic (exact) mass is 618 g/mol. The number of halogens is 6. The van der Waals surface area contributed by atoms with Crippen LogP contribution >= 0.6 is 34.8 Å². The van der Waals surface area contributed by atoms with Crippen molar-refractivity contribution in [1.82, 2.24) is 24.4 Å². The third-order valence-electron chi connectivity index (χ3n) is 7.20. The largest absolute Gasteiger partial charge is 0.433 e. The summed E-state index contributed by atoms with van der Waals surface area (Å²) >= 11 is 19.1. The normalized spacial score (nSPS) is 12.9. The van der Waals surface area contributed by atoms with Crippen molar-refractivity contribution < 1.29 is 18.0 Å². The summed E-state index contributed by atoms with van der Waals surface area (Å²) in [5, 5.41) is 11.9. The van der Waals surface area contributed by atoms with Crippen molar-refractivity contribution >= 4 is 52.0 Å². The van der Waals surface area contributed by atoms with Crippen LogP contribution in [-0.4, -0.2) is 30.3 Å². The van der Waals surface area contributed by atoms with Gasteiger partial charge >= 0.3 is 6.18 Å². The molecule has 3 heterocycles. The highest BCUT2D eigenvalue weighted by Crippen LogP contribution is 2.42. The quantitative estimate of drug-likeness (QED) is 0.225. The van der Waals surface area contributed by atoms with Gasteiger partial charge in [0.2, 0.25) is 0 Å². The zero-order valence-corrected chi connectivity index (χ0v) is 23.8. The van der Waals surface area contributed by atoms with Crippen molar-refractivity contribution in [2.45, 2.75) is 39.4 Å². The number of aromatic nitrogens is 5. The van der Waals surface area contributed by atoms with Crippen molar-refractivity contribution in [3.8, 4) is 11.3 Å². The van der Waals surface area contributed by atoms with E-state index in [1.807, 2.05) is 12.1 Å². The molecule has 41 heavy (non-hydrogen) atoms. The Bertz CT molecular complexity index is 1860. The molecule has 6 rings (SSSR count). The number of nitrogens with zero attached hydrogens (tertiary/aromatic N) is 5. The fourth-order valence-corrected chi connectivity index (χ4v) is 5.98. The Hall–Kier alpha value is -3.60. The number of aryl methyl sites for hydroxylation is 2. The van der Waals surface area contributed by atoms with Crippen molar-refractivity contribution in [2.24, 2.45) is 0 Å². The molecule has 0 aliphatic heterocycles. The lowest BCUT2D eigenvalue weighted by atomic mass is 9.88. The molecule has 2 aromatic carbocycles. The zero-order valence-electron chi connectivity index (χ0n) is 21.6. The summed E-state index contributed by atoms with van der Waals surface area (Å²) < 4.78 is 45.6. The van der Waals surface area contributed by atoms with Crippen LogP contribution in [0.2, 0.25) is 15.1 Å². The second-order valence-electron chi connectivity index (χ2n) is 9.70. The number of fused-ring (bicyclic) bond motifs is 4. The van der Waals surface area contributed by atoms with Gasteiger partial charge in [0.15, 0.2) is 17.0 Å². The summed E-state index contributed by atoms with van der Waals surface area (Å²) in [5.74, 6) is -0.798. The standard InChI is InChI=1S/C28H20Cl3F3N6O/c1-13-22(14(2)39(37-13)12-18-19(29)8-5-9-20(18)30)36-27(41)24-21(31)26-35-23-16-7-4-3-6-15(16)10-11-17(23)25(28(32,33)34)40(26)38-24/h3-9H,10-12H2,1-2H3,(H,36,41). The van der Waals surface area contributed by atoms with Gasteiger partial charge in [0, 0.05) is 26.7 Å². The highest BCUT2D eigenvalue weighted by atomic mass is 35.5. The van der Waals surface area contributed by atoms with Gasteiger partial charge in [-0.15, -0.1) is 0 Å². The first-order valence-electron chi connectivity index (χ1n) is 12.5. The molecule has 0 fully saturated rings. The van der Waals surface area contributed by atoms with Gasteiger partial charge < -0.3 is 5.32 Å². The maximum absolute atomic E-state index is 14.5. The SMILES string of the molecule is Cc1nn(Cc2c(Cl)cccc2Cl)c(C)c1NC(=O)c1nn2c(C(F)(F)F)c3c(nc2c1Cl)-c1ccccc1CC3. The Morgan fingerprint density at radius 1 is 1.00 bits per heavy atom. The molecule has 1 aliphatic rings. The molecule has 0 radical (unpaired) electrons. The molecule has 0 saturated heterocycles. The van der Waals surface area contributed by atoms with Gasteiger partial charge in [-0.2, -0.15) is 23.4 Å². The minimum absolute atomic E-state index is 0.0148. The predicted octanol–water partition coefficient (Wildman–Crippen LogP) is 7.59. The fourth-order valence-electron chi connectivity index (χ4n) is 5.22. The Labute approximate surface area is 246 Å². The number of benzene rings is 2. The van der Waals surface area contributed by atoms with E-state index in [0.29, 0.717) is 49.2 Å². The van der Waals surface area contributed by atoms with Crippen molar-refractivity contribution in [2.75, 3.05) is 5.32 Å². The Balaban J connectivity index is 1.41. The Morgan fingerprint density at radius 2 is 1.71 bits per heavy atom. The smallest absolute Gasteiger partial charge is 0.317 e. The molecule has 1 amide bonds. The topological polar surface area (TPSA) is 77.1 Å². The fraction of sp³-hybridized carbons (Fsp3) is 0.214. The van der Waals surface area contributed by atoms with E-state index in [-0.39, 0.29) is 40.6 Å². The van der Waals surface area contributed by atoms with E-state index in [2.05, 4.69) is 20.5 Å². The van der Waals surface area contributed by atoms with E-state index in [4.69, 9.17) is 34.8 Å². The van der Waals surface area contributed by atoms with Crippen molar-refractivity contribution in [1.29, 1.82) is 0 Å². The van der Waals surface area contributed by atoms with Crippen LogP contribution in [0.5, 0.6) is 0 Å². The van der Waals surface area contributed by atoms with Gasteiger partial charge in [0.1, 0.15) is 5.02 Å². The number of carbonyl (C=O) groups excluding carboxylic acids is 1. The van der Waals surface area contributed by atoms with Gasteiger partial charge in [-0.25, -0.2) is 9.50 Å². The van der Waals surface area contributed by atoms with Gasteiger partial charge in [0.25, 0.3) is 5.91 Å². The number of nitrogens with one attached hydrogen (secondary N) is 1. The van der Waals surface area contributed by atoms with Crippen molar-refractivity contribution in [3.05, 3.63) is 97.0 Å². The van der Waals surface area contributed by atoms with E-state index in [9.17, 15) is 18.0 Å². The molecule has 3 aromatic heterocycles. The van der Waals surface area contributed by atoms with Crippen LogP contribution in [-0.2, 0) is 25.6 Å². The van der Waals surface area contributed by atoms with Crippen LogP contribution < -0.4 is 5.32 Å². The number of hydrogen-bond acceptors (Lipinski definition) is 4. The summed E-state index contributed by atoms with van der Waals surface area (Å²) in [4.78, 5) is 17.9. The van der Waals surface area contributed by atoms with E-state index in [0.717, 1.165) is 5.56 Å². The first-order chi connectivity index (χ1) is 19.5. The molecular formula is C28H20Cl3F3N6O. The van der Waals surface area contributed by atoms with Crippen LogP contribution in [0.25, 0.3) is 16.9 Å². The second kappa shape index (κ2) is 10.0. The predicted molar refractivity (Wildman–Crippen MR) is 151 cm³/mol. The average molecular weight is 620 g/mol. The highest BCUT2D eigenvalue weighted by molar-refractivity contribution is 6.37. The summed E-state index contributed by atoms with van der Waals surface area (Å²) in [6, 6.07) is 12.3. The number of anilines is 1. The van der Waals surface area contributed by atoms with Crippen LogP contribution in [0.3, 0.4) is 0 Å². The van der Waals surface area contributed by atoms with Gasteiger partial charge in [0.05, 0.1) is 29.3 Å². The lowest BCUT2D eigenvalue weighted by Gasteiger charge is -2.23. The summed E-state index contributed by atoms with van der Waals surface area (Å²) in [5.41, 5.74) is 2.12. The Kier molecular flexibility index (Phi) is 6.75. The van der Waals surface area contributed by atoms with Crippen LogP contribution in [0.15, 0.2) is 42.5 Å². The molecular weight excluding hydrogens is 600 g/mol. The minimum atomic E-state index is -4.77. The number of carbonyl (C=O) groups is 1. The zero-order chi connectivity index (χ0) is 29.2. The number of amides is 1. The van der Waals surface area contributed by atoms with Gasteiger partial charge in [-0.1, -0.05) is 65.1 Å². The lowest BCUT2D eigenvalue weighted by molar-refractivity contribution is -0.143. The van der Waals surface area contributed by atoms with Gasteiger partial charge in [-0.3, -0.25) is 9.48 Å². The number of rotatable bonds is 4. The van der Waals surface area contributed by atoms with Crippen LogP contribution in [0.1, 0.15) is 44.3 Å². The van der Waals surface area contributed by atoms with E-state index in [1.165, 1.54) is 0 Å². The molecule has 210 valence electrons. The average Bonchev–Trinajstić information content (AvgIpc) is 3.39. The summed E-state index contributed by atoms with van der Waals surface area (Å²) in [6.45, 7) is 3.66. The number of alkyl halides is 3. The molecule has 0 saturated carbocycles. The van der Waals surface area contributed by atoms with Crippen LogP contribution in [0.4, 0.5) is 18.9 Å². The number of hydrogen-bond donors (Lipinski definition) is 1. The minimum Gasteiger partial charge on any atom is -0.317 e. The third kappa shape index (κ3) is 4.64. The Morgan fingerprint density at radius 3 is 2.41 bits per heavy atom. The summed E-state index contributed by atoms with van der Waals surface area (Å²) in [6.07, 6.45) is -4.23. The third-order valence-corrected chi connectivity index (χ3v) is 8.25. The molecule has 1 N–H and O–H groups in total. The van der Waals surface area contributed by atoms with E-state index < -0.39 is 17.8 Å². The maximum atomic E-state index is 14.5. The second-order valence-corrected chi connectivity index (χ2v) is 10.9. The van der Waals surface area contributed by atoms with Crippen molar-refractivity contribution in [3.63, 3.8) is 0 Å². The van der Waals surface area contributed by atoms with E-state index >= 15 is 0 Å². The molecule has 0 unspecified atom stereocenters. The first kappa shape index (κ1) is 27.6. The molecule has 0 atom stereocenters. The lowest BCUT2D eigenvalue weighted by Crippen LogP contribution is -2.21. The molecule has 5 aromatic rings. The molecule has 13 heteroatoms. The molecule has 1 aliphatic carbocycles. The molecule has 0 spiro atoms. The van der Waals surface area contributed by atoms with E-state index in [1.54, 1.807) is 48.9 Å². The van der Waals surface area contributed by atoms with Gasteiger partial charge in [-0.05, 0) is 44.4 Å². The molecule has 7 nitrogen and oxygen atoms in total. The molecule has 0 bridgehead atoms. The first-order valence-corrected chi connectivity index (χ1v) is 13.6. The highest BCUT2D eigenvalue weighted by Gasteiger charge is 2.41. The maximum Gasteiger partial charge on any atom is 0.433 e. The van der Waals surface area contributed by atoms with Crippen LogP contribution in [0, 0.1) is 13.8 Å². The summed E-state index contributed by atoms with van der Waals surface area (Å²) in [7, 11) is 0.